The summed E-state index contributed by atoms with van der Waals surface area (Å²) in [6.07, 6.45) is 1.19. The van der Waals surface area contributed by atoms with Crippen molar-refractivity contribution in [1.82, 2.24) is 5.06 Å². The van der Waals surface area contributed by atoms with E-state index in [9.17, 15) is 18.4 Å². The summed E-state index contributed by atoms with van der Waals surface area (Å²) >= 11 is 5.83. The van der Waals surface area contributed by atoms with Crippen molar-refractivity contribution < 1.29 is 32.6 Å². The van der Waals surface area contributed by atoms with Crippen LogP contribution in [0.25, 0.3) is 0 Å². The second kappa shape index (κ2) is 8.37. The molecular weight excluding hydrogens is 434 g/mol. The van der Waals surface area contributed by atoms with E-state index in [-0.39, 0.29) is 41.0 Å². The summed E-state index contributed by atoms with van der Waals surface area (Å²) in [5.74, 6) is -0.694. The highest BCUT2D eigenvalue weighted by atomic mass is 35.5. The lowest BCUT2D eigenvalue weighted by Gasteiger charge is -2.16. The van der Waals surface area contributed by atoms with Crippen LogP contribution in [-0.2, 0) is 24.1 Å². The number of amides is 1. The van der Waals surface area contributed by atoms with Crippen molar-refractivity contribution in [2.24, 2.45) is 0 Å². The molecule has 0 radical (unpaired) electrons. The van der Waals surface area contributed by atoms with Crippen LogP contribution in [0.15, 0.2) is 65.1 Å². The van der Waals surface area contributed by atoms with Gasteiger partial charge < -0.3 is 14.2 Å². The van der Waals surface area contributed by atoms with E-state index in [1.807, 2.05) is 0 Å². The van der Waals surface area contributed by atoms with Crippen LogP contribution in [0.2, 0.25) is 5.02 Å². The summed E-state index contributed by atoms with van der Waals surface area (Å²) in [4.78, 5) is 12.3. The van der Waals surface area contributed by atoms with Gasteiger partial charge in [0.25, 0.3) is 5.91 Å². The van der Waals surface area contributed by atoms with Crippen LogP contribution >= 0.6 is 11.6 Å². The van der Waals surface area contributed by atoms with Crippen LogP contribution in [0, 0.1) is 0 Å². The molecule has 30 heavy (non-hydrogen) atoms. The van der Waals surface area contributed by atoms with Gasteiger partial charge >= 0.3 is 0 Å². The smallest absolute Gasteiger partial charge is 0.274 e. The SMILES string of the molecule is O=C(C1=CC2OCOC2C1)N(O)CS(=O)(=O)c1ccc(Oc2ccc(Cl)cc2)cc1. The largest absolute Gasteiger partial charge is 0.457 e. The van der Waals surface area contributed by atoms with E-state index in [1.165, 1.54) is 24.3 Å². The third-order valence-electron chi connectivity index (χ3n) is 4.73. The van der Waals surface area contributed by atoms with Crippen molar-refractivity contribution in [1.29, 1.82) is 0 Å². The molecule has 8 nitrogen and oxygen atoms in total. The average Bonchev–Trinajstić information content (AvgIpc) is 3.31. The molecule has 2 unspecified atom stereocenters. The quantitative estimate of drug-likeness (QED) is 0.531. The van der Waals surface area contributed by atoms with Gasteiger partial charge in [-0.3, -0.25) is 10.0 Å². The molecule has 1 aliphatic heterocycles. The Morgan fingerprint density at radius 1 is 1.10 bits per heavy atom. The number of fused-ring (bicyclic) bond motifs is 1. The van der Waals surface area contributed by atoms with Crippen LogP contribution in [-0.4, -0.2) is 49.5 Å². The highest BCUT2D eigenvalue weighted by molar-refractivity contribution is 7.91. The number of hydroxylamine groups is 2. The Hall–Kier alpha value is -2.43. The molecule has 1 heterocycles. The van der Waals surface area contributed by atoms with Crippen LogP contribution in [0.1, 0.15) is 6.42 Å². The zero-order chi connectivity index (χ0) is 21.3. The standard InChI is InChI=1S/C20H18ClNO7S/c21-14-1-3-15(4-2-14)29-16-5-7-17(8-6-16)30(25,26)11-22(24)20(23)13-9-18-19(10-13)28-12-27-18/h1-9,18-19,24H,10-12H2. The zero-order valence-electron chi connectivity index (χ0n) is 15.6. The fraction of sp³-hybridized carbons (Fsp3) is 0.250. The molecule has 1 N–H and O–H groups in total. The molecule has 1 aliphatic carbocycles. The van der Waals surface area contributed by atoms with E-state index in [0.717, 1.165) is 0 Å². The minimum atomic E-state index is -3.96. The number of halogens is 1. The molecule has 2 aromatic rings. The molecule has 158 valence electrons. The molecule has 0 aromatic heterocycles. The van der Waals surface area contributed by atoms with E-state index in [1.54, 1.807) is 30.3 Å². The Balaban J connectivity index is 1.40. The molecule has 2 atom stereocenters. The second-order valence-electron chi connectivity index (χ2n) is 6.83. The molecule has 0 saturated carbocycles. The molecule has 2 aromatic carbocycles. The summed E-state index contributed by atoms with van der Waals surface area (Å²) < 4.78 is 41.4. The van der Waals surface area contributed by atoms with Crippen molar-refractivity contribution in [3.8, 4) is 11.5 Å². The Labute approximate surface area is 178 Å². The molecule has 1 amide bonds. The van der Waals surface area contributed by atoms with Gasteiger partial charge in [0.15, 0.2) is 15.7 Å². The number of sulfone groups is 1. The van der Waals surface area contributed by atoms with Crippen molar-refractivity contribution >= 4 is 27.3 Å². The van der Waals surface area contributed by atoms with Gasteiger partial charge in [0.1, 0.15) is 24.4 Å². The minimum absolute atomic E-state index is 0.0539. The van der Waals surface area contributed by atoms with E-state index >= 15 is 0 Å². The van der Waals surface area contributed by atoms with Crippen LogP contribution in [0.5, 0.6) is 11.5 Å². The monoisotopic (exact) mass is 451 g/mol. The number of ether oxygens (including phenoxy) is 3. The Kier molecular flexibility index (Phi) is 5.81. The molecule has 1 fully saturated rings. The lowest BCUT2D eigenvalue weighted by Crippen LogP contribution is -2.33. The number of hydrogen-bond donors (Lipinski definition) is 1. The maximum atomic E-state index is 12.6. The van der Waals surface area contributed by atoms with Gasteiger partial charge in [-0.2, -0.15) is 0 Å². The summed E-state index contributed by atoms with van der Waals surface area (Å²) in [6.45, 7) is 0.155. The summed E-state index contributed by atoms with van der Waals surface area (Å²) in [5, 5.41) is 10.8. The Morgan fingerprint density at radius 3 is 2.37 bits per heavy atom. The van der Waals surface area contributed by atoms with Crippen LogP contribution in [0.3, 0.4) is 0 Å². The first-order valence-electron chi connectivity index (χ1n) is 9.03. The topological polar surface area (TPSA) is 102 Å². The summed E-state index contributed by atoms with van der Waals surface area (Å²) in [5.41, 5.74) is 0.258. The van der Waals surface area contributed by atoms with Gasteiger partial charge in [-0.1, -0.05) is 11.6 Å². The molecule has 1 saturated heterocycles. The fourth-order valence-electron chi connectivity index (χ4n) is 3.19. The molecular formula is C20H18ClNO7S. The predicted octanol–water partition coefficient (Wildman–Crippen LogP) is 3.15. The predicted molar refractivity (Wildman–Crippen MR) is 106 cm³/mol. The molecule has 10 heteroatoms. The first kappa shape index (κ1) is 20.8. The van der Waals surface area contributed by atoms with E-state index in [4.69, 9.17) is 25.8 Å². The van der Waals surface area contributed by atoms with Gasteiger partial charge in [-0.05, 0) is 54.6 Å². The van der Waals surface area contributed by atoms with Gasteiger partial charge in [-0.15, -0.1) is 0 Å². The molecule has 2 aliphatic rings. The van der Waals surface area contributed by atoms with Gasteiger partial charge in [0.05, 0.1) is 11.0 Å². The van der Waals surface area contributed by atoms with E-state index in [2.05, 4.69) is 0 Å². The maximum Gasteiger partial charge on any atom is 0.274 e. The second-order valence-corrected chi connectivity index (χ2v) is 9.22. The fourth-order valence-corrected chi connectivity index (χ4v) is 4.46. The maximum absolute atomic E-state index is 12.6. The lowest BCUT2D eigenvalue weighted by atomic mass is 10.2. The zero-order valence-corrected chi connectivity index (χ0v) is 17.2. The van der Waals surface area contributed by atoms with Crippen LogP contribution < -0.4 is 4.74 Å². The average molecular weight is 452 g/mol. The van der Waals surface area contributed by atoms with Gasteiger partial charge in [0.2, 0.25) is 0 Å². The number of benzene rings is 2. The number of carbonyl (C=O) groups excluding carboxylic acids is 1. The highest BCUT2D eigenvalue weighted by Gasteiger charge is 2.37. The lowest BCUT2D eigenvalue weighted by molar-refractivity contribution is -0.156. The highest BCUT2D eigenvalue weighted by Crippen LogP contribution is 2.30. The van der Waals surface area contributed by atoms with Crippen molar-refractivity contribution in [3.63, 3.8) is 0 Å². The normalized spacial score (nSPS) is 20.5. The van der Waals surface area contributed by atoms with Crippen molar-refractivity contribution in [2.45, 2.75) is 23.5 Å². The molecule has 0 spiro atoms. The van der Waals surface area contributed by atoms with Crippen LogP contribution in [0.4, 0.5) is 0 Å². The third-order valence-corrected chi connectivity index (χ3v) is 6.56. The Morgan fingerprint density at radius 2 is 1.73 bits per heavy atom. The molecule has 0 bridgehead atoms. The summed E-state index contributed by atoms with van der Waals surface area (Å²) in [7, 11) is -3.96. The molecule has 4 rings (SSSR count). The number of nitrogens with zero attached hydrogens (tertiary/aromatic N) is 1. The summed E-state index contributed by atoms with van der Waals surface area (Å²) in [6, 6.07) is 12.4. The van der Waals surface area contributed by atoms with Crippen molar-refractivity contribution in [2.75, 3.05) is 12.7 Å². The first-order valence-corrected chi connectivity index (χ1v) is 11.1. The van der Waals surface area contributed by atoms with E-state index < -0.39 is 21.6 Å². The number of hydrogen-bond acceptors (Lipinski definition) is 7. The minimum Gasteiger partial charge on any atom is -0.457 e. The van der Waals surface area contributed by atoms with E-state index in [0.29, 0.717) is 16.5 Å². The van der Waals surface area contributed by atoms with Gasteiger partial charge in [0, 0.05) is 17.0 Å². The number of carbonyl (C=O) groups is 1. The van der Waals surface area contributed by atoms with Gasteiger partial charge in [-0.25, -0.2) is 13.5 Å². The number of rotatable bonds is 6. The third kappa shape index (κ3) is 4.50. The van der Waals surface area contributed by atoms with Crippen molar-refractivity contribution in [3.05, 3.63) is 65.2 Å². The Bertz CT molecular complexity index is 1070. The first-order chi connectivity index (χ1) is 14.3.